The van der Waals surface area contributed by atoms with Gasteiger partial charge in [-0.2, -0.15) is 0 Å². The number of anilines is 2. The van der Waals surface area contributed by atoms with Crippen LogP contribution in [0.15, 0.2) is 28.9 Å². The molecule has 94 valence electrons. The lowest BCUT2D eigenvalue weighted by Gasteiger charge is -2.04. The van der Waals surface area contributed by atoms with Gasteiger partial charge >= 0.3 is 0 Å². The van der Waals surface area contributed by atoms with Crippen LogP contribution in [0.4, 0.5) is 11.6 Å². The van der Waals surface area contributed by atoms with Crippen molar-refractivity contribution in [2.45, 2.75) is 13.8 Å². The number of aryl methyl sites for hydroxylation is 1. The molecule has 0 radical (unpaired) electrons. The Labute approximate surface area is 104 Å². The standard InChI is InChI=1S/C12H14N4O2/c1-3-13-10-7-9(4-5-14-10)12(17)15-11-6-8(2)18-16-11/h4-7H,3H2,1-2H3,(H,13,14)(H,15,16,17). The van der Waals surface area contributed by atoms with Crippen LogP contribution in [-0.2, 0) is 0 Å². The van der Waals surface area contributed by atoms with E-state index in [1.165, 1.54) is 0 Å². The third-order valence-corrected chi connectivity index (χ3v) is 2.25. The summed E-state index contributed by atoms with van der Waals surface area (Å²) >= 11 is 0. The molecular weight excluding hydrogens is 232 g/mol. The highest BCUT2D eigenvalue weighted by molar-refractivity contribution is 6.04. The van der Waals surface area contributed by atoms with Crippen LogP contribution in [0.2, 0.25) is 0 Å². The van der Waals surface area contributed by atoms with E-state index in [1.54, 1.807) is 31.3 Å². The van der Waals surface area contributed by atoms with E-state index in [1.807, 2.05) is 6.92 Å². The number of carbonyl (C=O) groups is 1. The minimum atomic E-state index is -0.246. The normalized spacial score (nSPS) is 10.1. The van der Waals surface area contributed by atoms with Gasteiger partial charge in [-0.05, 0) is 26.0 Å². The maximum absolute atomic E-state index is 11.9. The molecule has 2 aromatic rings. The van der Waals surface area contributed by atoms with Crippen molar-refractivity contribution in [2.75, 3.05) is 17.2 Å². The van der Waals surface area contributed by atoms with Crippen molar-refractivity contribution in [1.29, 1.82) is 0 Å². The molecule has 0 aliphatic carbocycles. The molecule has 2 rings (SSSR count). The SMILES string of the molecule is CCNc1cc(C(=O)Nc2cc(C)on2)ccn1. The quantitative estimate of drug-likeness (QED) is 0.863. The summed E-state index contributed by atoms with van der Waals surface area (Å²) in [6.07, 6.45) is 1.58. The second-order valence-electron chi connectivity index (χ2n) is 3.74. The minimum absolute atomic E-state index is 0.246. The summed E-state index contributed by atoms with van der Waals surface area (Å²) in [5, 5.41) is 9.40. The van der Waals surface area contributed by atoms with Crippen molar-refractivity contribution in [3.8, 4) is 0 Å². The fraction of sp³-hybridized carbons (Fsp3) is 0.250. The molecule has 1 amide bonds. The monoisotopic (exact) mass is 246 g/mol. The molecule has 0 fully saturated rings. The van der Waals surface area contributed by atoms with Crippen molar-refractivity contribution >= 4 is 17.5 Å². The Morgan fingerprint density at radius 3 is 2.89 bits per heavy atom. The van der Waals surface area contributed by atoms with Gasteiger partial charge < -0.3 is 15.2 Å². The first-order valence-corrected chi connectivity index (χ1v) is 5.63. The van der Waals surface area contributed by atoms with Crippen molar-refractivity contribution in [3.05, 3.63) is 35.7 Å². The van der Waals surface area contributed by atoms with E-state index in [2.05, 4.69) is 20.8 Å². The predicted octanol–water partition coefficient (Wildman–Crippen LogP) is 2.06. The lowest BCUT2D eigenvalue weighted by molar-refractivity contribution is 0.102. The zero-order valence-corrected chi connectivity index (χ0v) is 10.2. The molecule has 2 N–H and O–H groups in total. The molecule has 0 saturated carbocycles. The lowest BCUT2D eigenvalue weighted by Crippen LogP contribution is -2.13. The summed E-state index contributed by atoms with van der Waals surface area (Å²) < 4.78 is 4.87. The highest BCUT2D eigenvalue weighted by Crippen LogP contribution is 2.11. The van der Waals surface area contributed by atoms with Crippen molar-refractivity contribution in [2.24, 2.45) is 0 Å². The van der Waals surface area contributed by atoms with Gasteiger partial charge in [0, 0.05) is 24.4 Å². The number of carbonyl (C=O) groups excluding carboxylic acids is 1. The molecule has 6 heteroatoms. The van der Waals surface area contributed by atoms with E-state index in [-0.39, 0.29) is 5.91 Å². The molecule has 0 saturated heterocycles. The van der Waals surface area contributed by atoms with E-state index in [0.29, 0.717) is 23.0 Å². The van der Waals surface area contributed by atoms with Gasteiger partial charge in [0.2, 0.25) is 0 Å². The maximum atomic E-state index is 11.9. The smallest absolute Gasteiger partial charge is 0.257 e. The fourth-order valence-electron chi connectivity index (χ4n) is 1.46. The number of nitrogens with one attached hydrogen (secondary N) is 2. The summed E-state index contributed by atoms with van der Waals surface area (Å²) in [5.74, 6) is 1.47. The van der Waals surface area contributed by atoms with Crippen LogP contribution in [0.3, 0.4) is 0 Å². The number of hydrogen-bond acceptors (Lipinski definition) is 5. The molecule has 6 nitrogen and oxygen atoms in total. The Balaban J connectivity index is 2.11. The lowest BCUT2D eigenvalue weighted by atomic mass is 10.2. The Morgan fingerprint density at radius 1 is 1.39 bits per heavy atom. The minimum Gasteiger partial charge on any atom is -0.370 e. The van der Waals surface area contributed by atoms with Crippen LogP contribution in [0.1, 0.15) is 23.0 Å². The largest absolute Gasteiger partial charge is 0.370 e. The maximum Gasteiger partial charge on any atom is 0.257 e. The molecule has 0 spiro atoms. The number of amides is 1. The van der Waals surface area contributed by atoms with Crippen LogP contribution in [-0.4, -0.2) is 22.6 Å². The Morgan fingerprint density at radius 2 is 2.22 bits per heavy atom. The Hall–Kier alpha value is -2.37. The van der Waals surface area contributed by atoms with Crippen molar-refractivity contribution < 1.29 is 9.32 Å². The molecule has 2 aromatic heterocycles. The van der Waals surface area contributed by atoms with Gasteiger partial charge in [0.05, 0.1) is 0 Å². The Bertz CT molecular complexity index is 551. The van der Waals surface area contributed by atoms with Gasteiger partial charge in [0.25, 0.3) is 5.91 Å². The van der Waals surface area contributed by atoms with Gasteiger partial charge in [-0.15, -0.1) is 0 Å². The van der Waals surface area contributed by atoms with Gasteiger partial charge in [0.1, 0.15) is 11.6 Å². The average Bonchev–Trinajstić information content (AvgIpc) is 2.75. The number of nitrogens with zero attached hydrogens (tertiary/aromatic N) is 2. The summed E-state index contributed by atoms with van der Waals surface area (Å²) in [6, 6.07) is 4.99. The van der Waals surface area contributed by atoms with Crippen molar-refractivity contribution in [3.63, 3.8) is 0 Å². The van der Waals surface area contributed by atoms with E-state index >= 15 is 0 Å². The summed E-state index contributed by atoms with van der Waals surface area (Å²) in [4.78, 5) is 16.0. The molecule has 0 bridgehead atoms. The fourth-order valence-corrected chi connectivity index (χ4v) is 1.46. The highest BCUT2D eigenvalue weighted by atomic mass is 16.5. The van der Waals surface area contributed by atoms with Crippen LogP contribution in [0, 0.1) is 6.92 Å². The molecule has 0 aliphatic rings. The number of aromatic nitrogens is 2. The molecular formula is C12H14N4O2. The van der Waals surface area contributed by atoms with E-state index in [4.69, 9.17) is 4.52 Å². The first-order chi connectivity index (χ1) is 8.69. The van der Waals surface area contributed by atoms with Crippen LogP contribution in [0.5, 0.6) is 0 Å². The van der Waals surface area contributed by atoms with E-state index in [0.717, 1.165) is 6.54 Å². The van der Waals surface area contributed by atoms with Gasteiger partial charge in [-0.25, -0.2) is 4.98 Å². The number of hydrogen-bond donors (Lipinski definition) is 2. The van der Waals surface area contributed by atoms with Crippen molar-refractivity contribution in [1.82, 2.24) is 10.1 Å². The number of rotatable bonds is 4. The van der Waals surface area contributed by atoms with Crippen LogP contribution >= 0.6 is 0 Å². The zero-order valence-electron chi connectivity index (χ0n) is 10.2. The Kier molecular flexibility index (Phi) is 3.57. The first kappa shape index (κ1) is 12.1. The molecule has 0 aliphatic heterocycles. The number of pyridine rings is 1. The van der Waals surface area contributed by atoms with Crippen LogP contribution in [0.25, 0.3) is 0 Å². The molecule has 0 unspecified atom stereocenters. The van der Waals surface area contributed by atoms with E-state index < -0.39 is 0 Å². The first-order valence-electron chi connectivity index (χ1n) is 5.63. The molecule has 18 heavy (non-hydrogen) atoms. The molecule has 0 atom stereocenters. The topological polar surface area (TPSA) is 80.0 Å². The van der Waals surface area contributed by atoms with Gasteiger partial charge in [0.15, 0.2) is 5.82 Å². The summed E-state index contributed by atoms with van der Waals surface area (Å²) in [7, 11) is 0. The second-order valence-corrected chi connectivity index (χ2v) is 3.74. The third kappa shape index (κ3) is 2.85. The van der Waals surface area contributed by atoms with Gasteiger partial charge in [-0.1, -0.05) is 5.16 Å². The zero-order chi connectivity index (χ0) is 13.0. The third-order valence-electron chi connectivity index (χ3n) is 2.25. The van der Waals surface area contributed by atoms with E-state index in [9.17, 15) is 4.79 Å². The molecule has 0 aromatic carbocycles. The average molecular weight is 246 g/mol. The predicted molar refractivity (Wildman–Crippen MR) is 67.6 cm³/mol. The molecule has 2 heterocycles. The van der Waals surface area contributed by atoms with Gasteiger partial charge in [-0.3, -0.25) is 4.79 Å². The van der Waals surface area contributed by atoms with Crippen LogP contribution < -0.4 is 10.6 Å². The summed E-state index contributed by atoms with van der Waals surface area (Å²) in [5.41, 5.74) is 0.515. The second kappa shape index (κ2) is 5.31. The summed E-state index contributed by atoms with van der Waals surface area (Å²) in [6.45, 7) is 4.48. The highest BCUT2D eigenvalue weighted by Gasteiger charge is 2.09.